The van der Waals surface area contributed by atoms with E-state index in [1.807, 2.05) is 0 Å². The van der Waals surface area contributed by atoms with Crippen LogP contribution in [0.4, 0.5) is 0 Å². The Hall–Kier alpha value is -1.95. The Morgan fingerprint density at radius 3 is 2.68 bits per heavy atom. The second kappa shape index (κ2) is 7.89. The van der Waals surface area contributed by atoms with E-state index >= 15 is 0 Å². The van der Waals surface area contributed by atoms with Gasteiger partial charge in [-0.3, -0.25) is 9.59 Å². The molecule has 2 rings (SSSR count). The highest BCUT2D eigenvalue weighted by molar-refractivity contribution is 6.32. The Morgan fingerprint density at radius 1 is 1.18 bits per heavy atom. The molecule has 2 amide bonds. The minimum atomic E-state index is -0.143. The second-order valence-corrected chi connectivity index (χ2v) is 5.37. The molecule has 0 aromatic heterocycles. The lowest BCUT2D eigenvalue weighted by atomic mass is 10.1. The number of hydrogen-bond acceptors (Lipinski definition) is 4. The van der Waals surface area contributed by atoms with E-state index < -0.39 is 0 Å². The summed E-state index contributed by atoms with van der Waals surface area (Å²) in [5.74, 6) is 0.847. The van der Waals surface area contributed by atoms with Gasteiger partial charge in [0.25, 0.3) is 0 Å². The predicted octanol–water partition coefficient (Wildman–Crippen LogP) is 1.30. The molecule has 120 valence electrons. The molecule has 1 aromatic rings. The highest BCUT2D eigenvalue weighted by Gasteiger charge is 2.16. The summed E-state index contributed by atoms with van der Waals surface area (Å²) in [6.07, 6.45) is 0.987. The van der Waals surface area contributed by atoms with E-state index in [1.54, 1.807) is 12.1 Å². The summed E-state index contributed by atoms with van der Waals surface area (Å²) in [7, 11) is 0. The summed E-state index contributed by atoms with van der Waals surface area (Å²) in [6.45, 7) is 3.35. The van der Waals surface area contributed by atoms with Crippen LogP contribution in [0.3, 0.4) is 0 Å². The predicted molar refractivity (Wildman–Crippen MR) is 82.5 cm³/mol. The van der Waals surface area contributed by atoms with Crippen molar-refractivity contribution in [3.05, 3.63) is 22.7 Å². The van der Waals surface area contributed by atoms with E-state index in [4.69, 9.17) is 21.1 Å². The van der Waals surface area contributed by atoms with Gasteiger partial charge in [-0.2, -0.15) is 0 Å². The molecule has 1 aromatic carbocycles. The lowest BCUT2D eigenvalue weighted by Crippen LogP contribution is -2.34. The van der Waals surface area contributed by atoms with Crippen LogP contribution in [0.2, 0.25) is 5.02 Å². The van der Waals surface area contributed by atoms with Crippen molar-refractivity contribution in [3.63, 3.8) is 0 Å². The first-order chi connectivity index (χ1) is 10.6. The van der Waals surface area contributed by atoms with Gasteiger partial charge in [0.05, 0.1) is 24.7 Å². The number of nitrogens with one attached hydrogen (secondary N) is 2. The van der Waals surface area contributed by atoms with Gasteiger partial charge >= 0.3 is 0 Å². The second-order valence-electron chi connectivity index (χ2n) is 4.97. The molecule has 22 heavy (non-hydrogen) atoms. The van der Waals surface area contributed by atoms with E-state index in [-0.39, 0.29) is 18.2 Å². The number of ether oxygens (including phenoxy) is 2. The summed E-state index contributed by atoms with van der Waals surface area (Å²) in [4.78, 5) is 22.6. The number of rotatable bonds is 5. The molecule has 0 fully saturated rings. The van der Waals surface area contributed by atoms with E-state index in [2.05, 4.69) is 10.6 Å². The maximum Gasteiger partial charge on any atom is 0.224 e. The van der Waals surface area contributed by atoms with E-state index in [0.717, 1.165) is 12.0 Å². The highest BCUT2D eigenvalue weighted by atomic mass is 35.5. The van der Waals surface area contributed by atoms with Gasteiger partial charge in [0.1, 0.15) is 0 Å². The number of carbonyl (C=O) groups excluding carboxylic acids is 2. The van der Waals surface area contributed by atoms with Gasteiger partial charge in [0.15, 0.2) is 11.5 Å². The van der Waals surface area contributed by atoms with Gasteiger partial charge in [0.2, 0.25) is 11.8 Å². The molecule has 6 nitrogen and oxygen atoms in total. The van der Waals surface area contributed by atoms with Gasteiger partial charge in [0, 0.05) is 26.4 Å². The molecular formula is C15H19ClN2O4. The van der Waals surface area contributed by atoms with Crippen LogP contribution in [-0.4, -0.2) is 38.1 Å². The number of hydrogen-bond donors (Lipinski definition) is 2. The van der Waals surface area contributed by atoms with Crippen molar-refractivity contribution in [2.45, 2.75) is 19.8 Å². The number of amides is 2. The zero-order valence-corrected chi connectivity index (χ0v) is 13.2. The highest BCUT2D eigenvalue weighted by Crippen LogP contribution is 2.38. The van der Waals surface area contributed by atoms with Gasteiger partial charge in [-0.1, -0.05) is 11.6 Å². The maximum atomic E-state index is 11.9. The molecule has 7 heteroatoms. The molecule has 0 radical (unpaired) electrons. The van der Waals surface area contributed by atoms with Crippen LogP contribution in [0.25, 0.3) is 0 Å². The molecule has 0 saturated carbocycles. The van der Waals surface area contributed by atoms with Gasteiger partial charge in [-0.05, 0) is 17.7 Å². The molecule has 0 unspecified atom stereocenters. The Labute approximate surface area is 134 Å². The smallest absolute Gasteiger partial charge is 0.224 e. The van der Waals surface area contributed by atoms with Crippen LogP contribution in [0.1, 0.15) is 18.9 Å². The monoisotopic (exact) mass is 326 g/mol. The SMILES string of the molecule is CC(=O)NCCNC(=O)Cc1cc(Cl)c2c(c1)OCCCO2. The van der Waals surface area contributed by atoms with Crippen LogP contribution < -0.4 is 20.1 Å². The number of carbonyl (C=O) groups is 2. The summed E-state index contributed by atoms with van der Waals surface area (Å²) < 4.78 is 11.1. The fraction of sp³-hybridized carbons (Fsp3) is 0.467. The van der Waals surface area contributed by atoms with E-state index in [0.29, 0.717) is 42.8 Å². The molecule has 1 aliphatic heterocycles. The Bertz CT molecular complexity index is 563. The van der Waals surface area contributed by atoms with Crippen LogP contribution in [0, 0.1) is 0 Å². The van der Waals surface area contributed by atoms with Crippen molar-refractivity contribution < 1.29 is 19.1 Å². The fourth-order valence-corrected chi connectivity index (χ4v) is 2.36. The van der Waals surface area contributed by atoms with Crippen molar-refractivity contribution in [2.24, 2.45) is 0 Å². The quantitative estimate of drug-likeness (QED) is 0.800. The Morgan fingerprint density at radius 2 is 1.91 bits per heavy atom. The van der Waals surface area contributed by atoms with Crippen LogP contribution in [-0.2, 0) is 16.0 Å². The zero-order chi connectivity index (χ0) is 15.9. The zero-order valence-electron chi connectivity index (χ0n) is 12.4. The van der Waals surface area contributed by atoms with Crippen molar-refractivity contribution in [1.29, 1.82) is 0 Å². The summed E-state index contributed by atoms with van der Waals surface area (Å²) >= 11 is 6.18. The molecular weight excluding hydrogens is 308 g/mol. The van der Waals surface area contributed by atoms with Gasteiger partial charge in [-0.15, -0.1) is 0 Å². The molecule has 0 bridgehead atoms. The third-order valence-electron chi connectivity index (χ3n) is 3.05. The summed E-state index contributed by atoms with van der Waals surface area (Å²) in [5, 5.41) is 5.78. The van der Waals surface area contributed by atoms with E-state index in [9.17, 15) is 9.59 Å². The first-order valence-corrected chi connectivity index (χ1v) is 7.53. The standard InChI is InChI=1S/C15H19ClN2O4/c1-10(19)17-3-4-18-14(20)9-11-7-12(16)15-13(8-11)21-5-2-6-22-15/h7-8H,2-6,9H2,1H3,(H,17,19)(H,18,20). The number of halogens is 1. The van der Waals surface area contributed by atoms with Crippen LogP contribution >= 0.6 is 11.6 Å². The molecule has 0 spiro atoms. The van der Waals surface area contributed by atoms with Crippen molar-refractivity contribution in [3.8, 4) is 11.5 Å². The normalized spacial score (nSPS) is 13.2. The molecule has 2 N–H and O–H groups in total. The lowest BCUT2D eigenvalue weighted by Gasteiger charge is -2.11. The van der Waals surface area contributed by atoms with Gasteiger partial charge < -0.3 is 20.1 Å². The molecule has 0 aliphatic carbocycles. The fourth-order valence-electron chi connectivity index (χ4n) is 2.07. The molecule has 1 heterocycles. The third kappa shape index (κ3) is 4.80. The summed E-state index contributed by atoms with van der Waals surface area (Å²) in [6, 6.07) is 3.49. The molecule has 0 saturated heterocycles. The van der Waals surface area contributed by atoms with Crippen molar-refractivity contribution in [2.75, 3.05) is 26.3 Å². The Kier molecular flexibility index (Phi) is 5.89. The topological polar surface area (TPSA) is 76.7 Å². The molecule has 0 atom stereocenters. The summed E-state index contributed by atoms with van der Waals surface area (Å²) in [5.41, 5.74) is 0.756. The average molecular weight is 327 g/mol. The third-order valence-corrected chi connectivity index (χ3v) is 3.33. The number of benzene rings is 1. The maximum absolute atomic E-state index is 11.9. The Balaban J connectivity index is 1.92. The first kappa shape index (κ1) is 16.4. The van der Waals surface area contributed by atoms with E-state index in [1.165, 1.54) is 6.92 Å². The van der Waals surface area contributed by atoms with Crippen molar-refractivity contribution >= 4 is 23.4 Å². The largest absolute Gasteiger partial charge is 0.489 e. The van der Waals surface area contributed by atoms with Crippen molar-refractivity contribution in [1.82, 2.24) is 10.6 Å². The number of fused-ring (bicyclic) bond motifs is 1. The minimum Gasteiger partial charge on any atom is -0.489 e. The lowest BCUT2D eigenvalue weighted by molar-refractivity contribution is -0.121. The molecule has 1 aliphatic rings. The van der Waals surface area contributed by atoms with Crippen LogP contribution in [0.5, 0.6) is 11.5 Å². The minimum absolute atomic E-state index is 0.121. The van der Waals surface area contributed by atoms with Gasteiger partial charge in [-0.25, -0.2) is 0 Å². The average Bonchev–Trinajstić information content (AvgIpc) is 2.69. The van der Waals surface area contributed by atoms with Crippen LogP contribution in [0.15, 0.2) is 12.1 Å². The first-order valence-electron chi connectivity index (χ1n) is 7.15.